The number of unbranched alkanes of at least 4 members (excludes halogenated alkanes) is 12. The van der Waals surface area contributed by atoms with Gasteiger partial charge in [0.25, 0.3) is 0 Å². The Morgan fingerprint density at radius 2 is 1.25 bits per heavy atom. The zero-order valence-electron chi connectivity index (χ0n) is 18.6. The molecule has 0 aliphatic carbocycles. The standard InChI is InChI=1S/C26H44O2/c1-3-5-7-9-11-13-15-17-22-19-20-24(27)26(25-21-28-25)23(22)18-16-14-12-10-8-6-4-2/h19-20,25,27H,3-18,21H2,1-2H3. The number of hydrogen-bond donors (Lipinski definition) is 1. The zero-order valence-corrected chi connectivity index (χ0v) is 18.6. The molecular formula is C26H44O2. The first-order valence-corrected chi connectivity index (χ1v) is 12.2. The molecular weight excluding hydrogens is 344 g/mol. The van der Waals surface area contributed by atoms with Gasteiger partial charge in [0.15, 0.2) is 0 Å². The molecule has 0 aromatic heterocycles. The molecule has 0 bridgehead atoms. The molecule has 1 heterocycles. The number of ether oxygens (including phenoxy) is 1. The monoisotopic (exact) mass is 388 g/mol. The molecule has 1 fully saturated rings. The van der Waals surface area contributed by atoms with Gasteiger partial charge in [0.05, 0.1) is 6.61 Å². The first kappa shape index (κ1) is 23.3. The fraction of sp³-hybridized carbons (Fsp3) is 0.769. The van der Waals surface area contributed by atoms with Crippen LogP contribution in [0.5, 0.6) is 5.75 Å². The van der Waals surface area contributed by atoms with E-state index in [4.69, 9.17) is 4.74 Å². The van der Waals surface area contributed by atoms with Crippen molar-refractivity contribution in [1.82, 2.24) is 0 Å². The molecule has 160 valence electrons. The number of hydrogen-bond acceptors (Lipinski definition) is 2. The first-order chi connectivity index (χ1) is 13.8. The summed E-state index contributed by atoms with van der Waals surface area (Å²) in [6, 6.07) is 4.08. The van der Waals surface area contributed by atoms with Crippen molar-refractivity contribution in [2.45, 2.75) is 123 Å². The maximum Gasteiger partial charge on any atom is 0.121 e. The van der Waals surface area contributed by atoms with Crippen LogP contribution in [0.2, 0.25) is 0 Å². The molecule has 0 amide bonds. The molecule has 1 aliphatic rings. The lowest BCUT2D eigenvalue weighted by molar-refractivity contribution is 0.398. The summed E-state index contributed by atoms with van der Waals surface area (Å²) in [6.45, 7) is 5.33. The highest BCUT2D eigenvalue weighted by Gasteiger charge is 2.31. The van der Waals surface area contributed by atoms with Crippen LogP contribution in [0.3, 0.4) is 0 Å². The van der Waals surface area contributed by atoms with E-state index in [1.807, 2.05) is 6.07 Å². The molecule has 2 nitrogen and oxygen atoms in total. The van der Waals surface area contributed by atoms with Crippen LogP contribution in [0.15, 0.2) is 12.1 Å². The van der Waals surface area contributed by atoms with Crippen molar-refractivity contribution in [2.75, 3.05) is 6.61 Å². The van der Waals surface area contributed by atoms with E-state index in [9.17, 15) is 5.11 Å². The molecule has 28 heavy (non-hydrogen) atoms. The van der Waals surface area contributed by atoms with Crippen LogP contribution < -0.4 is 0 Å². The molecule has 0 radical (unpaired) electrons. The first-order valence-electron chi connectivity index (χ1n) is 12.2. The van der Waals surface area contributed by atoms with Gasteiger partial charge >= 0.3 is 0 Å². The molecule has 2 rings (SSSR count). The van der Waals surface area contributed by atoms with Crippen molar-refractivity contribution in [2.24, 2.45) is 0 Å². The van der Waals surface area contributed by atoms with E-state index in [1.165, 1.54) is 101 Å². The van der Waals surface area contributed by atoms with Gasteiger partial charge in [-0.05, 0) is 42.9 Å². The molecule has 1 saturated heterocycles. The summed E-state index contributed by atoms with van der Waals surface area (Å²) in [5, 5.41) is 10.4. The van der Waals surface area contributed by atoms with Crippen molar-refractivity contribution in [3.63, 3.8) is 0 Å². The van der Waals surface area contributed by atoms with Gasteiger partial charge in [-0.15, -0.1) is 0 Å². The van der Waals surface area contributed by atoms with Gasteiger partial charge in [-0.2, -0.15) is 0 Å². The lowest BCUT2D eigenvalue weighted by atomic mass is 9.90. The van der Waals surface area contributed by atoms with Crippen LogP contribution >= 0.6 is 0 Å². The van der Waals surface area contributed by atoms with Crippen molar-refractivity contribution in [3.8, 4) is 5.75 Å². The minimum atomic E-state index is 0.147. The largest absolute Gasteiger partial charge is 0.508 e. The number of phenolic OH excluding ortho intramolecular Hbond substituents is 1. The highest BCUT2D eigenvalue weighted by atomic mass is 16.6. The van der Waals surface area contributed by atoms with Crippen molar-refractivity contribution >= 4 is 0 Å². The Bertz CT molecular complexity index is 533. The summed E-state index contributed by atoms with van der Waals surface area (Å²) < 4.78 is 5.56. The van der Waals surface area contributed by atoms with Gasteiger partial charge < -0.3 is 9.84 Å². The second-order valence-corrected chi connectivity index (χ2v) is 8.70. The van der Waals surface area contributed by atoms with Crippen LogP contribution in [-0.2, 0) is 17.6 Å². The van der Waals surface area contributed by atoms with E-state index in [0.29, 0.717) is 5.75 Å². The Morgan fingerprint density at radius 3 is 1.79 bits per heavy atom. The van der Waals surface area contributed by atoms with E-state index in [-0.39, 0.29) is 6.10 Å². The summed E-state index contributed by atoms with van der Waals surface area (Å²) in [7, 11) is 0. The third-order valence-corrected chi connectivity index (χ3v) is 6.17. The van der Waals surface area contributed by atoms with Crippen LogP contribution in [0.4, 0.5) is 0 Å². The average molecular weight is 389 g/mol. The Hall–Kier alpha value is -1.02. The maximum absolute atomic E-state index is 10.4. The van der Waals surface area contributed by atoms with Crippen LogP contribution in [0, 0.1) is 0 Å². The minimum absolute atomic E-state index is 0.147. The molecule has 1 aromatic carbocycles. The number of phenols is 1. The SMILES string of the molecule is CCCCCCCCCc1ccc(O)c(C2CO2)c1CCCCCCCCC. The Balaban J connectivity index is 1.83. The van der Waals surface area contributed by atoms with Gasteiger partial charge in [0.1, 0.15) is 11.9 Å². The lowest BCUT2D eigenvalue weighted by Crippen LogP contribution is -2.02. The van der Waals surface area contributed by atoms with E-state index >= 15 is 0 Å². The summed E-state index contributed by atoms with van der Waals surface area (Å²) in [6.07, 6.45) is 21.2. The van der Waals surface area contributed by atoms with Gasteiger partial charge in [-0.3, -0.25) is 0 Å². The summed E-state index contributed by atoms with van der Waals surface area (Å²) in [5.74, 6) is 0.448. The topological polar surface area (TPSA) is 32.8 Å². The zero-order chi connectivity index (χ0) is 20.0. The highest BCUT2D eigenvalue weighted by Crippen LogP contribution is 2.40. The fourth-order valence-electron chi connectivity index (χ4n) is 4.33. The molecule has 1 atom stereocenters. The molecule has 1 aromatic rings. The van der Waals surface area contributed by atoms with Gasteiger partial charge in [-0.25, -0.2) is 0 Å². The smallest absolute Gasteiger partial charge is 0.121 e. The fourth-order valence-corrected chi connectivity index (χ4v) is 4.33. The quantitative estimate of drug-likeness (QED) is 0.216. The van der Waals surface area contributed by atoms with Gasteiger partial charge in [0.2, 0.25) is 0 Å². The molecule has 0 saturated carbocycles. The van der Waals surface area contributed by atoms with Crippen LogP contribution in [-0.4, -0.2) is 11.7 Å². The minimum Gasteiger partial charge on any atom is -0.508 e. The van der Waals surface area contributed by atoms with Gasteiger partial charge in [-0.1, -0.05) is 97.0 Å². The normalized spacial score (nSPS) is 15.9. The summed E-state index contributed by atoms with van der Waals surface area (Å²) in [5.41, 5.74) is 3.97. The predicted molar refractivity (Wildman–Crippen MR) is 120 cm³/mol. The van der Waals surface area contributed by atoms with Crippen molar-refractivity contribution in [3.05, 3.63) is 28.8 Å². The van der Waals surface area contributed by atoms with Crippen molar-refractivity contribution < 1.29 is 9.84 Å². The second kappa shape index (κ2) is 14.0. The third kappa shape index (κ3) is 8.55. The number of aryl methyl sites for hydroxylation is 1. The molecule has 1 aliphatic heterocycles. The maximum atomic E-state index is 10.4. The summed E-state index contributed by atoms with van der Waals surface area (Å²) >= 11 is 0. The van der Waals surface area contributed by atoms with E-state index < -0.39 is 0 Å². The second-order valence-electron chi connectivity index (χ2n) is 8.70. The number of rotatable bonds is 17. The molecule has 1 N–H and O–H groups in total. The van der Waals surface area contributed by atoms with E-state index in [1.54, 1.807) is 0 Å². The number of epoxide rings is 1. The molecule has 1 unspecified atom stereocenters. The van der Waals surface area contributed by atoms with Crippen LogP contribution in [0.25, 0.3) is 0 Å². The molecule has 0 spiro atoms. The third-order valence-electron chi connectivity index (χ3n) is 6.17. The number of aromatic hydroxyl groups is 1. The Kier molecular flexibility index (Phi) is 11.7. The Morgan fingerprint density at radius 1 is 0.750 bits per heavy atom. The van der Waals surface area contributed by atoms with Crippen LogP contribution in [0.1, 0.15) is 127 Å². The number of benzene rings is 1. The predicted octanol–water partition coefficient (Wildman–Crippen LogP) is 8.05. The summed E-state index contributed by atoms with van der Waals surface area (Å²) in [4.78, 5) is 0. The Labute approximate surface area is 174 Å². The van der Waals surface area contributed by atoms with Crippen molar-refractivity contribution in [1.29, 1.82) is 0 Å². The average Bonchev–Trinajstić information content (AvgIpc) is 3.53. The highest BCUT2D eigenvalue weighted by molar-refractivity contribution is 5.47. The van der Waals surface area contributed by atoms with E-state index in [0.717, 1.165) is 25.0 Å². The molecule has 2 heteroatoms. The van der Waals surface area contributed by atoms with Gasteiger partial charge in [0, 0.05) is 5.56 Å². The lowest BCUT2D eigenvalue weighted by Gasteiger charge is -2.16. The van der Waals surface area contributed by atoms with E-state index in [2.05, 4.69) is 19.9 Å².